The number of amides is 1. The molecular weight excluding hydrogens is 377 g/mol. The lowest BCUT2D eigenvalue weighted by atomic mass is 9.79. The first-order valence-corrected chi connectivity index (χ1v) is 9.31. The van der Waals surface area contributed by atoms with Crippen LogP contribution in [0.4, 0.5) is 18.9 Å². The Morgan fingerprint density at radius 2 is 2.07 bits per heavy atom. The molecule has 0 saturated heterocycles. The van der Waals surface area contributed by atoms with Gasteiger partial charge in [0.15, 0.2) is 11.0 Å². The zero-order valence-electron chi connectivity index (χ0n) is 15.2. The molecule has 0 spiro atoms. The molecule has 4 atom stereocenters. The summed E-state index contributed by atoms with van der Waals surface area (Å²) in [5.74, 6) is -1.61. The number of nitrogens with two attached hydrogens (primary N) is 2. The zero-order chi connectivity index (χ0) is 20.1. The minimum absolute atomic E-state index is 0.0566. The van der Waals surface area contributed by atoms with Gasteiger partial charge in [-0.1, -0.05) is 11.8 Å². The Morgan fingerprint density at radius 1 is 1.41 bits per heavy atom. The van der Waals surface area contributed by atoms with Crippen LogP contribution in [0.1, 0.15) is 32.8 Å². The second-order valence-corrected chi connectivity index (χ2v) is 8.15. The number of halogens is 3. The molecule has 3 rings (SSSR count). The number of anilines is 1. The van der Waals surface area contributed by atoms with Gasteiger partial charge in [-0.05, 0) is 44.4 Å². The smallest absolute Gasteiger partial charge is 0.251 e. The van der Waals surface area contributed by atoms with Crippen LogP contribution in [0.5, 0.6) is 0 Å². The van der Waals surface area contributed by atoms with Crippen LogP contribution in [0.25, 0.3) is 0 Å². The average molecular weight is 398 g/mol. The molecule has 0 aromatic heterocycles. The molecule has 4 N–H and O–H groups in total. The van der Waals surface area contributed by atoms with Crippen molar-refractivity contribution in [3.63, 3.8) is 0 Å². The number of benzene rings is 1. The van der Waals surface area contributed by atoms with Crippen molar-refractivity contribution in [2.24, 2.45) is 16.5 Å². The second-order valence-electron chi connectivity index (χ2n) is 7.20. The zero-order valence-corrected chi connectivity index (χ0v) is 16.0. The highest BCUT2D eigenvalue weighted by Crippen LogP contribution is 2.44. The minimum Gasteiger partial charge on any atom is -0.385 e. The van der Waals surface area contributed by atoms with Crippen LogP contribution in [0.2, 0.25) is 0 Å². The normalized spacial score (nSPS) is 33.6. The number of primary amides is 1. The van der Waals surface area contributed by atoms with Gasteiger partial charge in [-0.25, -0.2) is 13.2 Å². The molecule has 2 aliphatic heterocycles. The van der Waals surface area contributed by atoms with E-state index in [0.717, 1.165) is 12.6 Å². The molecule has 2 aliphatic rings. The van der Waals surface area contributed by atoms with Gasteiger partial charge in [-0.3, -0.25) is 9.79 Å². The van der Waals surface area contributed by atoms with Crippen molar-refractivity contribution in [1.82, 2.24) is 0 Å². The lowest BCUT2D eigenvalue weighted by molar-refractivity contribution is -0.117. The number of rotatable bonds is 3. The Morgan fingerprint density at radius 3 is 2.70 bits per heavy atom. The van der Waals surface area contributed by atoms with Crippen molar-refractivity contribution in [3.8, 4) is 0 Å². The summed E-state index contributed by atoms with van der Waals surface area (Å²) in [6, 6.07) is 4.06. The number of hydrogen-bond acceptors (Lipinski definition) is 5. The highest BCUT2D eigenvalue weighted by atomic mass is 32.2. The second kappa shape index (κ2) is 6.47. The molecule has 0 radical (unpaired) electrons. The van der Waals surface area contributed by atoms with Crippen molar-refractivity contribution in [1.29, 1.82) is 0 Å². The van der Waals surface area contributed by atoms with Gasteiger partial charge in [0.05, 0.1) is 0 Å². The van der Waals surface area contributed by atoms with Gasteiger partial charge in [-0.15, -0.1) is 0 Å². The van der Waals surface area contributed by atoms with E-state index in [1.807, 2.05) is 0 Å². The number of alkyl halides is 2. The Balaban J connectivity index is 2.10. The summed E-state index contributed by atoms with van der Waals surface area (Å²) in [6.45, 7) is 4.32. The molecule has 1 unspecified atom stereocenters. The molecule has 0 bridgehead atoms. The van der Waals surface area contributed by atoms with E-state index < -0.39 is 40.9 Å². The number of thioether (sulfide) groups is 1. The SMILES string of the molecule is CC1=CSC(C(N)=O)N1c1ccc(F)c([C@@]2(C)N=C(N)[C@](C)(F)C[C@@H]2F)c1. The minimum atomic E-state index is -2.09. The summed E-state index contributed by atoms with van der Waals surface area (Å²) in [7, 11) is 0. The summed E-state index contributed by atoms with van der Waals surface area (Å²) in [5, 5.41) is 1.08. The molecule has 0 saturated carbocycles. The predicted molar refractivity (Wildman–Crippen MR) is 101 cm³/mol. The molecule has 0 fully saturated rings. The largest absolute Gasteiger partial charge is 0.385 e. The molecule has 0 aliphatic carbocycles. The summed E-state index contributed by atoms with van der Waals surface area (Å²) in [4.78, 5) is 17.4. The molecule has 1 aromatic carbocycles. The van der Waals surface area contributed by atoms with Gasteiger partial charge in [0.2, 0.25) is 0 Å². The van der Waals surface area contributed by atoms with Crippen LogP contribution in [0, 0.1) is 5.82 Å². The van der Waals surface area contributed by atoms with E-state index in [-0.39, 0.29) is 11.4 Å². The van der Waals surface area contributed by atoms with E-state index in [1.165, 1.54) is 36.9 Å². The number of carbonyl (C=O) groups excluding carboxylic acids is 1. The topological polar surface area (TPSA) is 84.7 Å². The maximum absolute atomic E-state index is 14.9. The van der Waals surface area contributed by atoms with Gasteiger partial charge < -0.3 is 16.4 Å². The van der Waals surface area contributed by atoms with E-state index in [9.17, 15) is 18.0 Å². The van der Waals surface area contributed by atoms with E-state index in [0.29, 0.717) is 5.69 Å². The van der Waals surface area contributed by atoms with Gasteiger partial charge in [0, 0.05) is 23.4 Å². The van der Waals surface area contributed by atoms with Crippen LogP contribution in [-0.4, -0.2) is 29.0 Å². The van der Waals surface area contributed by atoms with Crippen molar-refractivity contribution in [2.45, 2.75) is 49.9 Å². The van der Waals surface area contributed by atoms with Crippen molar-refractivity contribution < 1.29 is 18.0 Å². The maximum atomic E-state index is 14.9. The first kappa shape index (κ1) is 19.6. The first-order chi connectivity index (χ1) is 12.5. The van der Waals surface area contributed by atoms with Crippen molar-refractivity contribution in [2.75, 3.05) is 4.90 Å². The Bertz CT molecular complexity index is 857. The average Bonchev–Trinajstić information content (AvgIpc) is 2.95. The number of nitrogens with zero attached hydrogens (tertiary/aromatic N) is 2. The fraction of sp³-hybridized carbons (Fsp3) is 0.444. The van der Waals surface area contributed by atoms with Crippen LogP contribution in [-0.2, 0) is 10.3 Å². The molecule has 1 aromatic rings. The number of amidine groups is 1. The summed E-state index contributed by atoms with van der Waals surface area (Å²) in [5.41, 5.74) is 8.51. The predicted octanol–water partition coefficient (Wildman–Crippen LogP) is 3.09. The van der Waals surface area contributed by atoms with Gasteiger partial charge in [0.25, 0.3) is 5.91 Å². The standard InChI is InChI=1S/C18H21F3N4OS/c1-9-8-27-15(14(22)26)25(9)10-4-5-12(19)11(6-10)18(3)13(20)7-17(2,21)16(23)24-18/h4-6,8,13,15H,7H2,1-3H3,(H2,22,26)(H2,23,24)/t13-,15?,17+,18+/m0/s1. The maximum Gasteiger partial charge on any atom is 0.251 e. The van der Waals surface area contributed by atoms with E-state index >= 15 is 0 Å². The summed E-state index contributed by atoms with van der Waals surface area (Å²) in [6.07, 6.45) is -2.30. The monoisotopic (exact) mass is 398 g/mol. The van der Waals surface area contributed by atoms with Gasteiger partial charge in [0.1, 0.15) is 23.4 Å². The van der Waals surface area contributed by atoms with E-state index in [4.69, 9.17) is 11.5 Å². The van der Waals surface area contributed by atoms with Crippen molar-refractivity contribution >= 4 is 29.2 Å². The molecule has 27 heavy (non-hydrogen) atoms. The fourth-order valence-electron chi connectivity index (χ4n) is 3.36. The first-order valence-electron chi connectivity index (χ1n) is 8.37. The third-order valence-electron chi connectivity index (χ3n) is 5.06. The van der Waals surface area contributed by atoms with Crippen LogP contribution in [0.3, 0.4) is 0 Å². The Labute approximate surface area is 159 Å². The molecular formula is C18H21F3N4OS. The lowest BCUT2D eigenvalue weighted by Crippen LogP contribution is -2.51. The number of hydrogen-bond donors (Lipinski definition) is 2. The third kappa shape index (κ3) is 3.18. The van der Waals surface area contributed by atoms with Crippen molar-refractivity contribution in [3.05, 3.63) is 40.7 Å². The number of carbonyl (C=O) groups is 1. The number of allylic oxidation sites excluding steroid dienone is 1. The fourth-order valence-corrected chi connectivity index (χ4v) is 4.34. The Kier molecular flexibility index (Phi) is 4.70. The summed E-state index contributed by atoms with van der Waals surface area (Å²) >= 11 is 1.23. The Hall–Kier alpha value is -2.16. The van der Waals surface area contributed by atoms with E-state index in [2.05, 4.69) is 4.99 Å². The van der Waals surface area contributed by atoms with Crippen LogP contribution >= 0.6 is 11.8 Å². The lowest BCUT2D eigenvalue weighted by Gasteiger charge is -2.39. The molecule has 1 amide bonds. The molecule has 2 heterocycles. The van der Waals surface area contributed by atoms with Crippen LogP contribution in [0.15, 0.2) is 34.3 Å². The van der Waals surface area contributed by atoms with E-state index in [1.54, 1.807) is 17.2 Å². The molecule has 146 valence electrons. The highest BCUT2D eigenvalue weighted by Gasteiger charge is 2.49. The molecule has 5 nitrogen and oxygen atoms in total. The highest BCUT2D eigenvalue weighted by molar-refractivity contribution is 8.03. The molecule has 9 heteroatoms. The third-order valence-corrected chi connectivity index (χ3v) is 6.24. The summed E-state index contributed by atoms with van der Waals surface area (Å²) < 4.78 is 43.8. The van der Waals surface area contributed by atoms with Gasteiger partial charge in [-0.2, -0.15) is 0 Å². The number of aliphatic imine (C=N–C) groups is 1. The van der Waals surface area contributed by atoms with Crippen LogP contribution < -0.4 is 16.4 Å². The quantitative estimate of drug-likeness (QED) is 0.819. The van der Waals surface area contributed by atoms with Gasteiger partial charge >= 0.3 is 0 Å².